The van der Waals surface area contributed by atoms with Crippen LogP contribution in [-0.4, -0.2) is 24.1 Å². The molecule has 302 valence electrons. The number of hydrogen-bond acceptors (Lipinski definition) is 3. The van der Waals surface area contributed by atoms with Crippen molar-refractivity contribution in [2.75, 3.05) is 0 Å². The summed E-state index contributed by atoms with van der Waals surface area (Å²) in [6.07, 6.45) is 0. The van der Waals surface area contributed by atoms with Gasteiger partial charge in [0.05, 0.1) is 27.8 Å². The Labute approximate surface area is 371 Å². The van der Waals surface area contributed by atoms with Crippen molar-refractivity contribution >= 4 is 43.6 Å². The number of fused-ring (bicyclic) bond motifs is 6. The third-order valence-electron chi connectivity index (χ3n) is 12.6. The van der Waals surface area contributed by atoms with Crippen molar-refractivity contribution in [2.24, 2.45) is 0 Å². The summed E-state index contributed by atoms with van der Waals surface area (Å²) in [6, 6.07) is 75.6. The Kier molecular flexibility index (Phi) is 8.87. The van der Waals surface area contributed by atoms with E-state index >= 15 is 0 Å². The van der Waals surface area contributed by atoms with Crippen LogP contribution >= 0.6 is 0 Å². The Morgan fingerprint density at radius 2 is 0.891 bits per heavy atom. The summed E-state index contributed by atoms with van der Waals surface area (Å²) in [5.41, 5.74) is 16.6. The Balaban J connectivity index is 1.16. The SMILES string of the molecule is Cc1ccc(-c2ccc3c(c2)c2ccccc2n3-c2ccc(-c3cccc4c3c3ccccc3n4-c3ccccc3)cc2-c2nc(-c3ccccc3)nc(-c3ccccc3)n2)c(C)c1. The molecule has 0 bridgehead atoms. The van der Waals surface area contributed by atoms with Crippen LogP contribution in [0.15, 0.2) is 212 Å². The van der Waals surface area contributed by atoms with Gasteiger partial charge >= 0.3 is 0 Å². The molecule has 5 nitrogen and oxygen atoms in total. The van der Waals surface area contributed by atoms with Gasteiger partial charge in [0.25, 0.3) is 0 Å². The van der Waals surface area contributed by atoms with Crippen LogP contribution in [0.4, 0.5) is 0 Å². The van der Waals surface area contributed by atoms with E-state index in [1.807, 2.05) is 36.4 Å². The Hall–Kier alpha value is -8.41. The standard InChI is InChI=1S/C59H41N5/c1-38-29-32-45(39(2)35-38)42-30-33-53-49(36-42)47-23-12-14-26-51(47)64(53)54-34-31-43(46-25-16-28-55-56(46)48-24-13-15-27-52(48)63(55)44-21-10-5-11-22-44)37-50(54)59-61-57(40-17-6-3-7-18-40)60-58(62-59)41-19-8-4-9-20-41/h3-37H,1-2H3. The Morgan fingerprint density at radius 1 is 0.328 bits per heavy atom. The highest BCUT2D eigenvalue weighted by Crippen LogP contribution is 2.43. The highest BCUT2D eigenvalue weighted by molar-refractivity contribution is 6.16. The third-order valence-corrected chi connectivity index (χ3v) is 12.6. The molecule has 0 aliphatic rings. The van der Waals surface area contributed by atoms with Crippen LogP contribution in [0.1, 0.15) is 11.1 Å². The first-order valence-electron chi connectivity index (χ1n) is 21.8. The maximum absolute atomic E-state index is 5.35. The van der Waals surface area contributed by atoms with Gasteiger partial charge in [0.1, 0.15) is 0 Å². The third kappa shape index (κ3) is 6.20. The van der Waals surface area contributed by atoms with E-state index in [2.05, 4.69) is 199 Å². The molecule has 0 saturated heterocycles. The Morgan fingerprint density at radius 3 is 1.59 bits per heavy atom. The molecule has 3 aromatic heterocycles. The van der Waals surface area contributed by atoms with Crippen molar-refractivity contribution in [3.05, 3.63) is 223 Å². The molecular formula is C59H41N5. The summed E-state index contributed by atoms with van der Waals surface area (Å²) in [5, 5.41) is 4.76. The van der Waals surface area contributed by atoms with E-state index in [4.69, 9.17) is 15.0 Å². The van der Waals surface area contributed by atoms with Crippen molar-refractivity contribution < 1.29 is 0 Å². The fraction of sp³-hybridized carbons (Fsp3) is 0.0339. The summed E-state index contributed by atoms with van der Waals surface area (Å²) >= 11 is 0. The predicted octanol–water partition coefficient (Wildman–Crippen LogP) is 15.0. The van der Waals surface area contributed by atoms with Gasteiger partial charge in [0.2, 0.25) is 0 Å². The molecule has 12 rings (SSSR count). The molecule has 0 aliphatic heterocycles. The first-order chi connectivity index (χ1) is 31.6. The minimum atomic E-state index is 0.598. The molecule has 12 aromatic rings. The van der Waals surface area contributed by atoms with Gasteiger partial charge in [-0.2, -0.15) is 0 Å². The zero-order valence-electron chi connectivity index (χ0n) is 35.4. The zero-order valence-corrected chi connectivity index (χ0v) is 35.4. The largest absolute Gasteiger partial charge is 0.309 e. The van der Waals surface area contributed by atoms with E-state index < -0.39 is 0 Å². The number of hydrogen-bond donors (Lipinski definition) is 0. The van der Waals surface area contributed by atoms with Gasteiger partial charge in [-0.3, -0.25) is 0 Å². The highest BCUT2D eigenvalue weighted by Gasteiger charge is 2.23. The van der Waals surface area contributed by atoms with Gasteiger partial charge in [0.15, 0.2) is 17.5 Å². The molecule has 64 heavy (non-hydrogen) atoms. The highest BCUT2D eigenvalue weighted by atomic mass is 15.1. The molecule has 0 unspecified atom stereocenters. The zero-order chi connectivity index (χ0) is 42.7. The van der Waals surface area contributed by atoms with E-state index in [0.29, 0.717) is 17.5 Å². The van der Waals surface area contributed by atoms with Gasteiger partial charge < -0.3 is 9.13 Å². The molecule has 9 aromatic carbocycles. The molecule has 0 saturated carbocycles. The van der Waals surface area contributed by atoms with Gasteiger partial charge in [-0.25, -0.2) is 15.0 Å². The molecule has 0 aliphatic carbocycles. The van der Waals surface area contributed by atoms with E-state index in [1.165, 1.54) is 43.8 Å². The maximum Gasteiger partial charge on any atom is 0.166 e. The Bertz CT molecular complexity index is 3680. The molecule has 0 fully saturated rings. The molecule has 5 heteroatoms. The molecule has 0 N–H and O–H groups in total. The number of nitrogens with zero attached hydrogens (tertiary/aromatic N) is 5. The first kappa shape index (κ1) is 37.4. The van der Waals surface area contributed by atoms with Crippen molar-refractivity contribution in [3.63, 3.8) is 0 Å². The second kappa shape index (κ2) is 15.2. The van der Waals surface area contributed by atoms with E-state index in [9.17, 15) is 0 Å². The normalized spacial score (nSPS) is 11.6. The molecule has 0 spiro atoms. The summed E-state index contributed by atoms with van der Waals surface area (Å²) in [7, 11) is 0. The first-order valence-corrected chi connectivity index (χ1v) is 21.8. The average molecular weight is 820 g/mol. The van der Waals surface area contributed by atoms with Gasteiger partial charge in [-0.15, -0.1) is 0 Å². The van der Waals surface area contributed by atoms with Crippen molar-refractivity contribution in [2.45, 2.75) is 13.8 Å². The fourth-order valence-corrected chi connectivity index (χ4v) is 9.66. The quantitative estimate of drug-likeness (QED) is 0.161. The fourth-order valence-electron chi connectivity index (χ4n) is 9.66. The monoisotopic (exact) mass is 819 g/mol. The lowest BCUT2D eigenvalue weighted by atomic mass is 9.96. The minimum absolute atomic E-state index is 0.598. The topological polar surface area (TPSA) is 48.5 Å². The average Bonchev–Trinajstić information content (AvgIpc) is 3.87. The molecule has 0 atom stereocenters. The van der Waals surface area contributed by atoms with Crippen LogP contribution < -0.4 is 0 Å². The van der Waals surface area contributed by atoms with Crippen LogP contribution in [0.2, 0.25) is 0 Å². The number of para-hydroxylation sites is 3. The lowest BCUT2D eigenvalue weighted by Crippen LogP contribution is -2.04. The van der Waals surface area contributed by atoms with Crippen LogP contribution in [0.5, 0.6) is 0 Å². The summed E-state index contributed by atoms with van der Waals surface area (Å²) in [5.74, 6) is 1.84. The van der Waals surface area contributed by atoms with Crippen LogP contribution in [-0.2, 0) is 0 Å². The van der Waals surface area contributed by atoms with E-state index in [-0.39, 0.29) is 0 Å². The maximum atomic E-state index is 5.35. The smallest absolute Gasteiger partial charge is 0.166 e. The lowest BCUT2D eigenvalue weighted by Gasteiger charge is -2.17. The van der Waals surface area contributed by atoms with Crippen LogP contribution in [0.25, 0.3) is 111 Å². The number of aromatic nitrogens is 5. The van der Waals surface area contributed by atoms with E-state index in [1.54, 1.807) is 0 Å². The molecule has 0 amide bonds. The van der Waals surface area contributed by atoms with Crippen molar-refractivity contribution in [1.82, 2.24) is 24.1 Å². The summed E-state index contributed by atoms with van der Waals surface area (Å²) in [4.78, 5) is 15.8. The second-order valence-corrected chi connectivity index (χ2v) is 16.6. The predicted molar refractivity (Wildman–Crippen MR) is 265 cm³/mol. The van der Waals surface area contributed by atoms with Gasteiger partial charge in [-0.05, 0) is 96.3 Å². The van der Waals surface area contributed by atoms with Crippen molar-refractivity contribution in [1.29, 1.82) is 0 Å². The van der Waals surface area contributed by atoms with Crippen LogP contribution in [0, 0.1) is 13.8 Å². The van der Waals surface area contributed by atoms with Crippen LogP contribution in [0.3, 0.4) is 0 Å². The van der Waals surface area contributed by atoms with E-state index in [0.717, 1.165) is 61.3 Å². The molecule has 3 heterocycles. The van der Waals surface area contributed by atoms with Gasteiger partial charge in [0, 0.05) is 43.9 Å². The number of benzene rings is 9. The molecule has 0 radical (unpaired) electrons. The minimum Gasteiger partial charge on any atom is -0.309 e. The van der Waals surface area contributed by atoms with Crippen molar-refractivity contribution in [3.8, 4) is 67.8 Å². The number of rotatable bonds is 7. The molecular weight excluding hydrogens is 779 g/mol. The lowest BCUT2D eigenvalue weighted by molar-refractivity contribution is 1.06. The number of aryl methyl sites for hydroxylation is 2. The summed E-state index contributed by atoms with van der Waals surface area (Å²) < 4.78 is 4.77. The second-order valence-electron chi connectivity index (χ2n) is 16.6. The summed E-state index contributed by atoms with van der Waals surface area (Å²) in [6.45, 7) is 4.35. The van der Waals surface area contributed by atoms with Gasteiger partial charge in [-0.1, -0.05) is 163 Å².